The maximum Gasteiger partial charge on any atom is 0.363 e. The molecule has 0 aromatic carbocycles. The van der Waals surface area contributed by atoms with Crippen LogP contribution in [-0.2, 0) is 4.74 Å². The van der Waals surface area contributed by atoms with Gasteiger partial charge in [0.15, 0.2) is 6.20 Å². The van der Waals surface area contributed by atoms with Gasteiger partial charge in [0.2, 0.25) is 0 Å². The van der Waals surface area contributed by atoms with Crippen LogP contribution in [0, 0.1) is 22.0 Å². The highest BCUT2D eigenvalue weighted by atomic mass is 16.6. The molecule has 0 amide bonds. The maximum atomic E-state index is 10.5. The third-order valence-electron chi connectivity index (χ3n) is 3.52. The first-order valence-electron chi connectivity index (χ1n) is 5.67. The molecule has 17 heavy (non-hydrogen) atoms. The van der Waals surface area contributed by atoms with E-state index in [0.717, 1.165) is 32.0 Å². The number of nitro groups is 1. The van der Waals surface area contributed by atoms with E-state index >= 15 is 0 Å². The first-order valence-corrected chi connectivity index (χ1v) is 5.67. The molecular formula is C11H13N3O3. The van der Waals surface area contributed by atoms with Crippen molar-refractivity contribution >= 4 is 11.5 Å². The second-order valence-corrected chi connectivity index (χ2v) is 4.59. The first kappa shape index (κ1) is 10.5. The predicted octanol–water partition coefficient (Wildman–Crippen LogP) is 1.07. The number of hydrogen-bond acceptors (Lipinski definition) is 5. The third kappa shape index (κ3) is 1.84. The van der Waals surface area contributed by atoms with Crippen LogP contribution < -0.4 is 4.90 Å². The Balaban J connectivity index is 1.75. The van der Waals surface area contributed by atoms with E-state index in [1.807, 2.05) is 0 Å². The zero-order valence-corrected chi connectivity index (χ0v) is 9.28. The monoisotopic (exact) mass is 235 g/mol. The summed E-state index contributed by atoms with van der Waals surface area (Å²) in [5.74, 6) is 1.10. The van der Waals surface area contributed by atoms with Gasteiger partial charge in [-0.1, -0.05) is 0 Å². The van der Waals surface area contributed by atoms with E-state index in [0.29, 0.717) is 11.8 Å². The summed E-state index contributed by atoms with van der Waals surface area (Å²) in [6, 6.07) is 3.23. The molecule has 0 bridgehead atoms. The molecule has 2 fully saturated rings. The largest absolute Gasteiger partial charge is 0.381 e. The molecule has 0 radical (unpaired) electrons. The number of pyridine rings is 1. The van der Waals surface area contributed by atoms with Gasteiger partial charge in [0.1, 0.15) is 0 Å². The van der Waals surface area contributed by atoms with Crippen molar-refractivity contribution in [3.05, 3.63) is 28.4 Å². The van der Waals surface area contributed by atoms with Crippen LogP contribution in [0.15, 0.2) is 18.3 Å². The Morgan fingerprint density at radius 3 is 2.59 bits per heavy atom. The Hall–Kier alpha value is -1.69. The van der Waals surface area contributed by atoms with Gasteiger partial charge in [-0.15, -0.1) is 0 Å². The summed E-state index contributed by atoms with van der Waals surface area (Å²) in [4.78, 5) is 16.1. The minimum Gasteiger partial charge on any atom is -0.381 e. The summed E-state index contributed by atoms with van der Waals surface area (Å²) in [6.07, 6.45) is 1.58. The molecule has 6 nitrogen and oxygen atoms in total. The van der Waals surface area contributed by atoms with E-state index in [1.54, 1.807) is 12.3 Å². The number of fused-ring (bicyclic) bond motifs is 1. The lowest BCUT2D eigenvalue weighted by molar-refractivity contribution is -0.389. The molecule has 0 N–H and O–H groups in total. The van der Waals surface area contributed by atoms with Crippen molar-refractivity contribution in [1.82, 2.24) is 4.98 Å². The Morgan fingerprint density at radius 2 is 2.06 bits per heavy atom. The highest BCUT2D eigenvalue weighted by Gasteiger charge is 2.37. The summed E-state index contributed by atoms with van der Waals surface area (Å²) in [5, 5.41) is 10.5. The standard InChI is InChI=1S/C11H13N3O3/c15-14(16)11-2-1-10(3-12-11)13-4-8-6-17-7-9(8)5-13/h1-3,8-9H,4-7H2/t8-,9+. The average molecular weight is 235 g/mol. The Labute approximate surface area is 98.4 Å². The van der Waals surface area contributed by atoms with Crippen LogP contribution in [-0.4, -0.2) is 36.2 Å². The molecule has 2 atom stereocenters. The number of hydrogen-bond donors (Lipinski definition) is 0. The van der Waals surface area contributed by atoms with E-state index in [4.69, 9.17) is 4.74 Å². The average Bonchev–Trinajstić information content (AvgIpc) is 2.89. The molecule has 2 aliphatic rings. The summed E-state index contributed by atoms with van der Waals surface area (Å²) >= 11 is 0. The summed E-state index contributed by atoms with van der Waals surface area (Å²) < 4.78 is 5.41. The van der Waals surface area contributed by atoms with Crippen LogP contribution in [0.5, 0.6) is 0 Å². The maximum absolute atomic E-state index is 10.5. The molecular weight excluding hydrogens is 222 g/mol. The molecule has 2 aliphatic heterocycles. The lowest BCUT2D eigenvalue weighted by atomic mass is 10.0. The summed E-state index contributed by atoms with van der Waals surface area (Å²) in [6.45, 7) is 3.59. The quantitative estimate of drug-likeness (QED) is 0.566. The third-order valence-corrected chi connectivity index (χ3v) is 3.52. The molecule has 2 saturated heterocycles. The van der Waals surface area contributed by atoms with E-state index in [-0.39, 0.29) is 5.82 Å². The molecule has 1 aromatic rings. The summed E-state index contributed by atoms with van der Waals surface area (Å²) in [5.41, 5.74) is 0.963. The molecule has 0 aliphatic carbocycles. The van der Waals surface area contributed by atoms with Gasteiger partial charge in [0.05, 0.1) is 18.9 Å². The molecule has 0 saturated carbocycles. The van der Waals surface area contributed by atoms with Crippen LogP contribution in [0.25, 0.3) is 0 Å². The second-order valence-electron chi connectivity index (χ2n) is 4.59. The Kier molecular flexibility index (Phi) is 2.44. The number of nitrogens with zero attached hydrogens (tertiary/aromatic N) is 3. The molecule has 90 valence electrons. The van der Waals surface area contributed by atoms with Crippen molar-refractivity contribution in [3.8, 4) is 0 Å². The first-order chi connectivity index (χ1) is 8.24. The SMILES string of the molecule is O=[N+]([O-])c1ccc(N2C[C@H]3COC[C@H]3C2)cn1. The second kappa shape index (κ2) is 3.96. The van der Waals surface area contributed by atoms with Gasteiger partial charge in [0, 0.05) is 31.0 Å². The molecule has 0 spiro atoms. The highest BCUT2D eigenvalue weighted by Crippen LogP contribution is 2.32. The highest BCUT2D eigenvalue weighted by molar-refractivity contribution is 5.47. The van der Waals surface area contributed by atoms with Crippen molar-refractivity contribution in [1.29, 1.82) is 0 Å². The molecule has 3 heterocycles. The van der Waals surface area contributed by atoms with Crippen molar-refractivity contribution in [2.45, 2.75) is 0 Å². The Morgan fingerprint density at radius 1 is 1.35 bits per heavy atom. The lowest BCUT2D eigenvalue weighted by Crippen LogP contribution is -2.22. The van der Waals surface area contributed by atoms with E-state index < -0.39 is 4.92 Å². The molecule has 1 aromatic heterocycles. The number of ether oxygens (including phenoxy) is 1. The fourth-order valence-electron chi connectivity index (χ4n) is 2.57. The van der Waals surface area contributed by atoms with Crippen LogP contribution in [0.2, 0.25) is 0 Å². The Bertz CT molecular complexity index is 422. The topological polar surface area (TPSA) is 68.5 Å². The smallest absolute Gasteiger partial charge is 0.363 e. The van der Waals surface area contributed by atoms with Crippen molar-refractivity contribution < 1.29 is 9.66 Å². The van der Waals surface area contributed by atoms with Crippen molar-refractivity contribution in [2.24, 2.45) is 11.8 Å². The number of aromatic nitrogens is 1. The van der Waals surface area contributed by atoms with E-state index in [9.17, 15) is 10.1 Å². The van der Waals surface area contributed by atoms with Gasteiger partial charge in [-0.3, -0.25) is 0 Å². The predicted molar refractivity (Wildman–Crippen MR) is 60.9 cm³/mol. The normalized spacial score (nSPS) is 27.2. The van der Waals surface area contributed by atoms with Crippen LogP contribution in [0.1, 0.15) is 0 Å². The molecule has 3 rings (SSSR count). The molecule has 6 heteroatoms. The van der Waals surface area contributed by atoms with Gasteiger partial charge >= 0.3 is 5.82 Å². The minimum atomic E-state index is -0.476. The van der Waals surface area contributed by atoms with Crippen molar-refractivity contribution in [3.63, 3.8) is 0 Å². The lowest BCUT2D eigenvalue weighted by Gasteiger charge is -2.17. The molecule has 0 unspecified atom stereocenters. The fraction of sp³-hybridized carbons (Fsp3) is 0.545. The zero-order chi connectivity index (χ0) is 11.8. The van der Waals surface area contributed by atoms with E-state index in [2.05, 4.69) is 9.88 Å². The van der Waals surface area contributed by atoms with Gasteiger partial charge in [0.25, 0.3) is 0 Å². The van der Waals surface area contributed by atoms with E-state index in [1.165, 1.54) is 6.07 Å². The van der Waals surface area contributed by atoms with Gasteiger partial charge in [-0.25, -0.2) is 0 Å². The van der Waals surface area contributed by atoms with Gasteiger partial charge < -0.3 is 19.8 Å². The number of rotatable bonds is 2. The number of anilines is 1. The van der Waals surface area contributed by atoms with Gasteiger partial charge in [-0.05, 0) is 16.0 Å². The van der Waals surface area contributed by atoms with Crippen LogP contribution >= 0.6 is 0 Å². The fourth-order valence-corrected chi connectivity index (χ4v) is 2.57. The summed E-state index contributed by atoms with van der Waals surface area (Å²) in [7, 11) is 0. The van der Waals surface area contributed by atoms with Crippen LogP contribution in [0.3, 0.4) is 0 Å². The van der Waals surface area contributed by atoms with Crippen LogP contribution in [0.4, 0.5) is 11.5 Å². The van der Waals surface area contributed by atoms with Crippen molar-refractivity contribution in [2.75, 3.05) is 31.2 Å². The van der Waals surface area contributed by atoms with Gasteiger partial charge in [-0.2, -0.15) is 0 Å². The minimum absolute atomic E-state index is 0.100. The zero-order valence-electron chi connectivity index (χ0n) is 9.28.